The molecule has 0 bridgehead atoms. The number of benzene rings is 1. The van der Waals surface area contributed by atoms with Gasteiger partial charge in [-0.25, -0.2) is 9.38 Å². The number of rotatable bonds is 2. The zero-order valence-corrected chi connectivity index (χ0v) is 13.0. The highest BCUT2D eigenvalue weighted by molar-refractivity contribution is 6.06. The predicted octanol–water partition coefficient (Wildman–Crippen LogP) is 2.92. The molecule has 0 spiro atoms. The molecular formula is C18H16F2N4. The van der Waals surface area contributed by atoms with Gasteiger partial charge in [0.2, 0.25) is 0 Å². The van der Waals surface area contributed by atoms with Crippen molar-refractivity contribution in [2.75, 3.05) is 24.5 Å². The van der Waals surface area contributed by atoms with Crippen molar-refractivity contribution in [1.82, 2.24) is 10.0 Å². The van der Waals surface area contributed by atoms with E-state index in [-0.39, 0.29) is 0 Å². The van der Waals surface area contributed by atoms with Gasteiger partial charge in [-0.05, 0) is 23.8 Å². The second-order valence-corrected chi connectivity index (χ2v) is 6.46. The molecule has 0 aromatic heterocycles. The largest absolute Gasteiger partial charge is 0.298 e. The zero-order chi connectivity index (χ0) is 16.3. The Labute approximate surface area is 138 Å². The number of hydrogen-bond acceptors (Lipinski definition) is 4. The van der Waals surface area contributed by atoms with E-state index in [1.165, 1.54) is 6.20 Å². The van der Waals surface area contributed by atoms with Crippen molar-refractivity contribution in [3.8, 4) is 0 Å². The van der Waals surface area contributed by atoms with Gasteiger partial charge in [-0.1, -0.05) is 22.7 Å². The van der Waals surface area contributed by atoms with Crippen LogP contribution in [0.1, 0.15) is 5.56 Å². The lowest BCUT2D eigenvalue weighted by Crippen LogP contribution is -2.53. The van der Waals surface area contributed by atoms with Gasteiger partial charge in [-0.2, -0.15) is 5.12 Å². The molecule has 0 amide bonds. The Hall–Kier alpha value is -2.47. The van der Waals surface area contributed by atoms with Crippen molar-refractivity contribution < 1.29 is 8.87 Å². The van der Waals surface area contributed by atoms with Crippen LogP contribution in [-0.4, -0.2) is 41.7 Å². The highest BCUT2D eigenvalue weighted by Crippen LogP contribution is 2.42. The van der Waals surface area contributed by atoms with Gasteiger partial charge in [0.25, 0.3) is 0 Å². The number of allylic oxidation sites excluding steroid dienone is 3. The first-order chi connectivity index (χ1) is 11.7. The SMILES string of the molecule is FC1CN(CC2=NC3=CC=CN(F)C3=C3Cc4ccccc4N23)C1. The van der Waals surface area contributed by atoms with Crippen molar-refractivity contribution in [3.05, 3.63) is 65.3 Å². The molecule has 0 radical (unpaired) electrons. The Bertz CT molecular complexity index is 833. The van der Waals surface area contributed by atoms with Gasteiger partial charge in [-0.15, -0.1) is 0 Å². The van der Waals surface area contributed by atoms with Crippen LogP contribution in [0.5, 0.6) is 0 Å². The molecular weight excluding hydrogens is 310 g/mol. The van der Waals surface area contributed by atoms with Crippen molar-refractivity contribution in [2.45, 2.75) is 12.6 Å². The Kier molecular flexibility index (Phi) is 2.91. The van der Waals surface area contributed by atoms with E-state index in [0.717, 1.165) is 22.8 Å². The van der Waals surface area contributed by atoms with E-state index in [1.807, 2.05) is 34.1 Å². The second kappa shape index (κ2) is 5.01. The van der Waals surface area contributed by atoms with Crippen molar-refractivity contribution in [2.24, 2.45) is 4.99 Å². The minimum absolute atomic E-state index is 0.439. The Morgan fingerprint density at radius 3 is 2.88 bits per heavy atom. The second-order valence-electron chi connectivity index (χ2n) is 6.46. The van der Waals surface area contributed by atoms with Crippen molar-refractivity contribution in [1.29, 1.82) is 0 Å². The molecule has 0 saturated carbocycles. The number of likely N-dealkylation sites (tertiary alicyclic amines) is 1. The molecule has 0 unspecified atom stereocenters. The number of amidine groups is 1. The van der Waals surface area contributed by atoms with E-state index >= 15 is 0 Å². The van der Waals surface area contributed by atoms with Crippen molar-refractivity contribution >= 4 is 11.5 Å². The van der Waals surface area contributed by atoms with Gasteiger partial charge >= 0.3 is 0 Å². The number of anilines is 1. The van der Waals surface area contributed by atoms with E-state index in [1.54, 1.807) is 6.08 Å². The summed E-state index contributed by atoms with van der Waals surface area (Å²) < 4.78 is 27.6. The molecule has 1 saturated heterocycles. The standard InChI is InChI=1S/C18H16F2N4/c19-13-9-22(10-13)11-17-21-14-5-3-7-23(20)18(14)16-8-12-4-1-2-6-15(12)24(16)17/h1-7,13H,8-11H2. The van der Waals surface area contributed by atoms with Crippen molar-refractivity contribution in [3.63, 3.8) is 0 Å². The van der Waals surface area contributed by atoms with Crippen LogP contribution < -0.4 is 4.90 Å². The summed E-state index contributed by atoms with van der Waals surface area (Å²) in [4.78, 5) is 8.76. The molecule has 1 aromatic carbocycles. The van der Waals surface area contributed by atoms with Crippen LogP contribution in [0.15, 0.2) is 64.7 Å². The number of nitrogens with zero attached hydrogens (tertiary/aromatic N) is 4. The molecule has 0 atom stereocenters. The molecule has 122 valence electrons. The van der Waals surface area contributed by atoms with Crippen LogP contribution in [0.4, 0.5) is 14.6 Å². The number of aliphatic imine (C=N–C) groups is 1. The van der Waals surface area contributed by atoms with Crippen LogP contribution in [0, 0.1) is 0 Å². The maximum absolute atomic E-state index is 14.4. The topological polar surface area (TPSA) is 22.1 Å². The molecule has 0 N–H and O–H groups in total. The normalized spacial score (nSPS) is 22.8. The molecule has 0 aliphatic carbocycles. The summed E-state index contributed by atoms with van der Waals surface area (Å²) in [5.74, 6) is 0.834. The molecule has 1 aromatic rings. The minimum Gasteiger partial charge on any atom is -0.298 e. The van der Waals surface area contributed by atoms with Gasteiger partial charge in [0.15, 0.2) is 0 Å². The smallest absolute Gasteiger partial charge is 0.128 e. The maximum atomic E-state index is 14.4. The van der Waals surface area contributed by atoms with Crippen LogP contribution in [0.2, 0.25) is 0 Å². The average Bonchev–Trinajstić information content (AvgIpc) is 2.93. The lowest BCUT2D eigenvalue weighted by molar-refractivity contribution is 0.0806. The Morgan fingerprint density at radius 1 is 1.21 bits per heavy atom. The molecule has 4 heterocycles. The fourth-order valence-corrected chi connectivity index (χ4v) is 3.73. The fraction of sp³-hybridized carbons (Fsp3) is 0.278. The lowest BCUT2D eigenvalue weighted by atomic mass is 10.1. The fourth-order valence-electron chi connectivity index (χ4n) is 3.73. The van der Waals surface area contributed by atoms with Crippen LogP contribution in [0.25, 0.3) is 0 Å². The van der Waals surface area contributed by atoms with E-state index in [4.69, 9.17) is 4.99 Å². The van der Waals surface area contributed by atoms with Crippen LogP contribution in [0.3, 0.4) is 0 Å². The van der Waals surface area contributed by atoms with Gasteiger partial charge in [0.1, 0.15) is 17.7 Å². The van der Waals surface area contributed by atoms with E-state index < -0.39 is 6.17 Å². The zero-order valence-electron chi connectivity index (χ0n) is 13.0. The highest BCUT2D eigenvalue weighted by atomic mass is 19.2. The van der Waals surface area contributed by atoms with Crippen LogP contribution >= 0.6 is 0 Å². The average molecular weight is 326 g/mol. The number of alkyl halides is 1. The minimum atomic E-state index is -0.746. The first-order valence-electron chi connectivity index (χ1n) is 8.10. The number of hydrogen-bond donors (Lipinski definition) is 0. The summed E-state index contributed by atoms with van der Waals surface area (Å²) in [6, 6.07) is 8.06. The molecule has 4 nitrogen and oxygen atoms in total. The highest BCUT2D eigenvalue weighted by Gasteiger charge is 2.38. The summed E-state index contributed by atoms with van der Waals surface area (Å²) in [6.45, 7) is 1.45. The van der Waals surface area contributed by atoms with Gasteiger partial charge < -0.3 is 0 Å². The third-order valence-electron chi connectivity index (χ3n) is 4.85. The summed E-state index contributed by atoms with van der Waals surface area (Å²) in [7, 11) is 0. The molecule has 24 heavy (non-hydrogen) atoms. The molecule has 6 heteroatoms. The van der Waals surface area contributed by atoms with Gasteiger partial charge in [0, 0.05) is 25.7 Å². The summed E-state index contributed by atoms with van der Waals surface area (Å²) in [5.41, 5.74) is 4.23. The van der Waals surface area contributed by atoms with E-state index in [9.17, 15) is 8.87 Å². The first-order valence-corrected chi connectivity index (χ1v) is 8.10. The number of fused-ring (bicyclic) bond motifs is 4. The van der Waals surface area contributed by atoms with Gasteiger partial charge in [0.05, 0.1) is 23.6 Å². The summed E-state index contributed by atoms with van der Waals surface area (Å²) in [6.07, 6.45) is 4.80. The Morgan fingerprint density at radius 2 is 2.04 bits per heavy atom. The third-order valence-corrected chi connectivity index (χ3v) is 4.85. The molecule has 5 rings (SSSR count). The summed E-state index contributed by atoms with van der Waals surface area (Å²) in [5, 5.41) is 0.644. The molecule has 4 aliphatic rings. The predicted molar refractivity (Wildman–Crippen MR) is 88.6 cm³/mol. The lowest BCUT2D eigenvalue weighted by Gasteiger charge is -2.38. The van der Waals surface area contributed by atoms with Crippen LogP contribution in [-0.2, 0) is 6.42 Å². The summed E-state index contributed by atoms with van der Waals surface area (Å²) >= 11 is 0. The maximum Gasteiger partial charge on any atom is 0.128 e. The molecule has 4 aliphatic heterocycles. The monoisotopic (exact) mass is 326 g/mol. The first kappa shape index (κ1) is 13.9. The number of halogens is 2. The van der Waals surface area contributed by atoms with Gasteiger partial charge in [-0.3, -0.25) is 9.80 Å². The quantitative estimate of drug-likeness (QED) is 0.780. The van der Waals surface area contributed by atoms with E-state index in [0.29, 0.717) is 42.6 Å². The third kappa shape index (κ3) is 1.96. The van der Waals surface area contributed by atoms with E-state index in [2.05, 4.69) is 6.07 Å². The Balaban J connectivity index is 1.60. The molecule has 1 fully saturated rings. The number of para-hydroxylation sites is 1.